The Labute approximate surface area is 94.5 Å². The number of halogens is 2. The predicted octanol–water partition coefficient (Wildman–Crippen LogP) is 2.83. The third kappa shape index (κ3) is 3.45. The Kier molecular flexibility index (Phi) is 4.68. The summed E-state index contributed by atoms with van der Waals surface area (Å²) in [5, 5.41) is 9.57. The van der Waals surface area contributed by atoms with E-state index >= 15 is 0 Å². The van der Waals surface area contributed by atoms with E-state index in [1.54, 1.807) is 31.3 Å². The summed E-state index contributed by atoms with van der Waals surface area (Å²) in [6, 6.07) is 7.03. The summed E-state index contributed by atoms with van der Waals surface area (Å²) >= 11 is 0. The van der Waals surface area contributed by atoms with Gasteiger partial charge in [-0.2, -0.15) is 0 Å². The van der Waals surface area contributed by atoms with Gasteiger partial charge in [0, 0.05) is 12.7 Å². The van der Waals surface area contributed by atoms with Crippen LogP contribution < -0.4 is 4.90 Å². The minimum atomic E-state index is -2.34. The number of rotatable bonds is 5. The minimum absolute atomic E-state index is 0.282. The van der Waals surface area contributed by atoms with Gasteiger partial charge in [0.25, 0.3) is 6.43 Å². The second kappa shape index (κ2) is 5.80. The Morgan fingerprint density at radius 3 is 2.25 bits per heavy atom. The number of aliphatic hydroxyl groups is 1. The van der Waals surface area contributed by atoms with E-state index in [1.807, 2.05) is 6.92 Å². The highest BCUT2D eigenvalue weighted by Gasteiger charge is 2.09. The van der Waals surface area contributed by atoms with E-state index in [-0.39, 0.29) is 6.54 Å². The molecule has 0 saturated heterocycles. The molecule has 0 aromatic heterocycles. The molecule has 0 unspecified atom stereocenters. The molecule has 1 N–H and O–H groups in total. The summed E-state index contributed by atoms with van der Waals surface area (Å²) in [6.07, 6.45) is -2.17. The average molecular weight is 229 g/mol. The first-order chi connectivity index (χ1) is 7.54. The quantitative estimate of drug-likeness (QED) is 0.839. The maximum Gasteiger partial charge on any atom is 0.255 e. The van der Waals surface area contributed by atoms with Gasteiger partial charge in [-0.25, -0.2) is 8.78 Å². The van der Waals surface area contributed by atoms with Gasteiger partial charge in [-0.1, -0.05) is 19.1 Å². The molecule has 0 spiro atoms. The van der Waals surface area contributed by atoms with Crippen LogP contribution in [-0.2, 0) is 0 Å². The van der Waals surface area contributed by atoms with Crippen LogP contribution in [0.4, 0.5) is 14.5 Å². The van der Waals surface area contributed by atoms with Crippen molar-refractivity contribution in [3.05, 3.63) is 29.8 Å². The Morgan fingerprint density at radius 2 is 1.81 bits per heavy atom. The monoisotopic (exact) mass is 229 g/mol. The second-order valence-electron chi connectivity index (χ2n) is 3.79. The molecule has 16 heavy (non-hydrogen) atoms. The molecule has 90 valence electrons. The Balaban J connectivity index is 2.70. The predicted molar refractivity (Wildman–Crippen MR) is 61.0 cm³/mol. The number of benzene rings is 1. The molecule has 1 atom stereocenters. The second-order valence-corrected chi connectivity index (χ2v) is 3.79. The zero-order chi connectivity index (χ0) is 12.1. The van der Waals surface area contributed by atoms with Crippen molar-refractivity contribution in [2.75, 3.05) is 18.5 Å². The maximum absolute atomic E-state index is 12.2. The van der Waals surface area contributed by atoms with E-state index in [0.29, 0.717) is 6.42 Å². The van der Waals surface area contributed by atoms with Crippen molar-refractivity contribution in [1.29, 1.82) is 0 Å². The van der Waals surface area contributed by atoms with Crippen LogP contribution in [0.15, 0.2) is 24.3 Å². The first-order valence-corrected chi connectivity index (χ1v) is 5.32. The standard InChI is InChI=1S/C12H17F2NO/c1-3-11(16)9-4-6-10(7-5-9)15(2)8-12(13)14/h4-7,11-12,16H,3,8H2,1-2H3/t11-/m0/s1. The molecule has 0 aliphatic carbocycles. The van der Waals surface area contributed by atoms with Crippen LogP contribution in [0.2, 0.25) is 0 Å². The molecular formula is C12H17F2NO. The fourth-order valence-electron chi connectivity index (χ4n) is 1.50. The van der Waals surface area contributed by atoms with Crippen molar-refractivity contribution in [3.8, 4) is 0 Å². The van der Waals surface area contributed by atoms with Crippen molar-refractivity contribution in [3.63, 3.8) is 0 Å². The van der Waals surface area contributed by atoms with Crippen LogP contribution in [-0.4, -0.2) is 25.1 Å². The van der Waals surface area contributed by atoms with Gasteiger partial charge in [-0.3, -0.25) is 0 Å². The normalized spacial score (nSPS) is 12.9. The summed E-state index contributed by atoms with van der Waals surface area (Å²) in [4.78, 5) is 1.49. The zero-order valence-corrected chi connectivity index (χ0v) is 9.53. The molecule has 1 rings (SSSR count). The van der Waals surface area contributed by atoms with Gasteiger partial charge in [-0.15, -0.1) is 0 Å². The summed E-state index contributed by atoms with van der Waals surface area (Å²) < 4.78 is 24.3. The van der Waals surface area contributed by atoms with Gasteiger partial charge in [0.1, 0.15) is 0 Å². The first kappa shape index (κ1) is 12.9. The van der Waals surface area contributed by atoms with Crippen molar-refractivity contribution in [2.45, 2.75) is 25.9 Å². The van der Waals surface area contributed by atoms with Gasteiger partial charge in [0.2, 0.25) is 0 Å². The van der Waals surface area contributed by atoms with E-state index in [1.165, 1.54) is 4.90 Å². The van der Waals surface area contributed by atoms with Crippen LogP contribution in [0.3, 0.4) is 0 Å². The minimum Gasteiger partial charge on any atom is -0.388 e. The summed E-state index contributed by atoms with van der Waals surface area (Å²) in [5.41, 5.74) is 1.55. The maximum atomic E-state index is 12.2. The number of hydrogen-bond donors (Lipinski definition) is 1. The molecule has 4 heteroatoms. The highest BCUT2D eigenvalue weighted by atomic mass is 19.3. The van der Waals surface area contributed by atoms with E-state index < -0.39 is 12.5 Å². The molecular weight excluding hydrogens is 212 g/mol. The van der Waals surface area contributed by atoms with E-state index in [4.69, 9.17) is 0 Å². The van der Waals surface area contributed by atoms with Crippen LogP contribution >= 0.6 is 0 Å². The molecule has 0 amide bonds. The zero-order valence-electron chi connectivity index (χ0n) is 9.53. The molecule has 0 radical (unpaired) electrons. The van der Waals surface area contributed by atoms with Gasteiger partial charge in [0.05, 0.1) is 12.6 Å². The molecule has 0 fully saturated rings. The van der Waals surface area contributed by atoms with E-state index in [9.17, 15) is 13.9 Å². The summed E-state index contributed by atoms with van der Waals surface area (Å²) in [5.74, 6) is 0. The molecule has 0 aliphatic rings. The molecule has 0 saturated carbocycles. The third-order valence-electron chi connectivity index (χ3n) is 2.52. The lowest BCUT2D eigenvalue weighted by Gasteiger charge is -2.19. The number of aliphatic hydroxyl groups excluding tert-OH is 1. The van der Waals surface area contributed by atoms with E-state index in [2.05, 4.69) is 0 Å². The topological polar surface area (TPSA) is 23.5 Å². The SMILES string of the molecule is CC[C@H](O)c1ccc(N(C)CC(F)F)cc1. The number of anilines is 1. The lowest BCUT2D eigenvalue weighted by Crippen LogP contribution is -2.23. The van der Waals surface area contributed by atoms with Crippen molar-refractivity contribution >= 4 is 5.69 Å². The number of hydrogen-bond acceptors (Lipinski definition) is 2. The third-order valence-corrected chi connectivity index (χ3v) is 2.52. The van der Waals surface area contributed by atoms with Gasteiger partial charge in [0.15, 0.2) is 0 Å². The lowest BCUT2D eigenvalue weighted by atomic mass is 10.1. The largest absolute Gasteiger partial charge is 0.388 e. The van der Waals surface area contributed by atoms with Crippen molar-refractivity contribution < 1.29 is 13.9 Å². The van der Waals surface area contributed by atoms with E-state index in [0.717, 1.165) is 11.3 Å². The lowest BCUT2D eigenvalue weighted by molar-refractivity contribution is 0.156. The summed E-state index contributed by atoms with van der Waals surface area (Å²) in [7, 11) is 1.62. The van der Waals surface area contributed by atoms with Crippen molar-refractivity contribution in [2.24, 2.45) is 0 Å². The molecule has 0 heterocycles. The van der Waals surface area contributed by atoms with Gasteiger partial charge in [-0.05, 0) is 24.1 Å². The smallest absolute Gasteiger partial charge is 0.255 e. The van der Waals surface area contributed by atoms with Crippen LogP contribution in [0, 0.1) is 0 Å². The Morgan fingerprint density at radius 1 is 1.25 bits per heavy atom. The fourth-order valence-corrected chi connectivity index (χ4v) is 1.50. The number of nitrogens with zero attached hydrogens (tertiary/aromatic N) is 1. The van der Waals surface area contributed by atoms with Crippen LogP contribution in [0.1, 0.15) is 25.0 Å². The Bertz CT molecular complexity index is 313. The number of alkyl halides is 2. The Hall–Kier alpha value is -1.16. The average Bonchev–Trinajstić information content (AvgIpc) is 2.27. The fraction of sp³-hybridized carbons (Fsp3) is 0.500. The molecule has 0 aliphatic heterocycles. The summed E-state index contributed by atoms with van der Waals surface area (Å²) in [6.45, 7) is 1.61. The van der Waals surface area contributed by atoms with Crippen LogP contribution in [0.25, 0.3) is 0 Å². The first-order valence-electron chi connectivity index (χ1n) is 5.32. The van der Waals surface area contributed by atoms with Crippen molar-refractivity contribution in [1.82, 2.24) is 0 Å². The molecule has 2 nitrogen and oxygen atoms in total. The highest BCUT2D eigenvalue weighted by molar-refractivity contribution is 5.47. The highest BCUT2D eigenvalue weighted by Crippen LogP contribution is 2.20. The van der Waals surface area contributed by atoms with Crippen LogP contribution in [0.5, 0.6) is 0 Å². The van der Waals surface area contributed by atoms with Gasteiger partial charge < -0.3 is 10.0 Å². The molecule has 0 bridgehead atoms. The van der Waals surface area contributed by atoms with Gasteiger partial charge >= 0.3 is 0 Å². The molecule has 1 aromatic carbocycles. The molecule has 1 aromatic rings.